The third-order valence-corrected chi connectivity index (χ3v) is 8.28. The van der Waals surface area contributed by atoms with Crippen LogP contribution in [0.2, 0.25) is 0 Å². The maximum atomic E-state index is 14.5. The number of halogens is 2. The van der Waals surface area contributed by atoms with Crippen LogP contribution in [0.3, 0.4) is 0 Å². The van der Waals surface area contributed by atoms with E-state index in [9.17, 15) is 28.0 Å². The van der Waals surface area contributed by atoms with E-state index in [4.69, 9.17) is 14.9 Å². The zero-order valence-corrected chi connectivity index (χ0v) is 25.8. The summed E-state index contributed by atoms with van der Waals surface area (Å²) in [4.78, 5) is 54.0. The lowest BCUT2D eigenvalue weighted by Crippen LogP contribution is -2.56. The molecule has 44 heavy (non-hydrogen) atoms. The number of aromatic amines is 1. The number of hydrogen-bond donors (Lipinski definition) is 4. The molecule has 2 aromatic rings. The predicted molar refractivity (Wildman–Crippen MR) is 160 cm³/mol. The van der Waals surface area contributed by atoms with Crippen LogP contribution in [0.4, 0.5) is 13.6 Å². The number of hydrogen-bond acceptors (Lipinski definition) is 6. The molecule has 1 saturated heterocycles. The number of rotatable bonds is 10. The number of amides is 2. The Morgan fingerprint density at radius 1 is 1.11 bits per heavy atom. The molecule has 13 heteroatoms. The van der Waals surface area contributed by atoms with Gasteiger partial charge in [-0.3, -0.25) is 9.59 Å². The molecule has 2 fully saturated rings. The number of alkyl halides is 2. The summed E-state index contributed by atoms with van der Waals surface area (Å²) in [6.45, 7) is 5.55. The highest BCUT2D eigenvalue weighted by Gasteiger charge is 2.42. The number of aliphatic carboxylic acids is 1. The summed E-state index contributed by atoms with van der Waals surface area (Å²) in [6, 6.07) is 2.98. The highest BCUT2D eigenvalue weighted by molar-refractivity contribution is 5.90. The van der Waals surface area contributed by atoms with Gasteiger partial charge in [-0.25, -0.2) is 14.6 Å². The first-order valence-corrected chi connectivity index (χ1v) is 15.1. The predicted octanol–water partition coefficient (Wildman–Crippen LogP) is 5.52. The fourth-order valence-corrected chi connectivity index (χ4v) is 5.86. The standard InChI is InChI=1S/C19H24F2N2O2.C12H20N2O5/c1-25-14-9-10-15-16(12-14)23-18(24)17(22-15)19(20,21)11-5-4-8-13-6-2-3-7-13;1-12(2,3)8(13-11(18)19)9(15)14-6-4-5-7(14)10(16)17/h9-10,12-13H,2-8,11H2,1H3,(H,23,24);7-8,13H,4-6H2,1-3H3,(H,16,17)(H,18,19)/t;7?,8-/m.1/s1. The number of nitrogens with one attached hydrogen (secondary N) is 2. The highest BCUT2D eigenvalue weighted by Crippen LogP contribution is 2.34. The van der Waals surface area contributed by atoms with Gasteiger partial charge in [0.1, 0.15) is 17.8 Å². The van der Waals surface area contributed by atoms with Gasteiger partial charge >= 0.3 is 12.1 Å². The van der Waals surface area contributed by atoms with Gasteiger partial charge in [-0.05, 0) is 42.7 Å². The second-order valence-corrected chi connectivity index (χ2v) is 12.7. The Hall–Kier alpha value is -3.77. The van der Waals surface area contributed by atoms with Crippen LogP contribution in [0, 0.1) is 11.3 Å². The van der Waals surface area contributed by atoms with E-state index in [1.165, 1.54) is 37.7 Å². The van der Waals surface area contributed by atoms with Gasteiger partial charge in [0.05, 0.1) is 18.1 Å². The van der Waals surface area contributed by atoms with Crippen LogP contribution in [-0.2, 0) is 15.5 Å². The Bertz CT molecular complexity index is 1370. The van der Waals surface area contributed by atoms with Crippen LogP contribution in [0.5, 0.6) is 5.75 Å². The zero-order chi connectivity index (χ0) is 32.7. The topological polar surface area (TPSA) is 162 Å². The largest absolute Gasteiger partial charge is 0.497 e. The number of aromatic nitrogens is 2. The minimum atomic E-state index is -3.21. The lowest BCUT2D eigenvalue weighted by Gasteiger charge is -2.34. The second-order valence-electron chi connectivity index (χ2n) is 12.7. The third-order valence-electron chi connectivity index (χ3n) is 8.28. The molecule has 0 spiro atoms. The molecular weight excluding hydrogens is 578 g/mol. The number of unbranched alkanes of at least 4 members (excludes halogenated alkanes) is 1. The third kappa shape index (κ3) is 9.12. The minimum absolute atomic E-state index is 0.334. The number of carboxylic acids is 1. The Morgan fingerprint density at radius 2 is 1.80 bits per heavy atom. The maximum absolute atomic E-state index is 14.5. The Morgan fingerprint density at radius 3 is 2.39 bits per heavy atom. The van der Waals surface area contributed by atoms with Crippen molar-refractivity contribution in [2.24, 2.45) is 11.3 Å². The molecule has 2 aliphatic rings. The Labute approximate surface area is 255 Å². The van der Waals surface area contributed by atoms with Crippen molar-refractivity contribution < 1.29 is 38.1 Å². The average Bonchev–Trinajstić information content (AvgIpc) is 3.65. The van der Waals surface area contributed by atoms with Crippen molar-refractivity contribution in [1.29, 1.82) is 0 Å². The number of carbonyl (C=O) groups excluding carboxylic acids is 1. The zero-order valence-electron chi connectivity index (χ0n) is 25.8. The first-order valence-electron chi connectivity index (χ1n) is 15.1. The molecule has 244 valence electrons. The number of carbonyl (C=O) groups is 3. The van der Waals surface area contributed by atoms with Crippen molar-refractivity contribution in [2.45, 2.75) is 103 Å². The van der Waals surface area contributed by atoms with Crippen LogP contribution in [0.15, 0.2) is 23.0 Å². The number of methoxy groups -OCH3 is 1. The summed E-state index contributed by atoms with van der Waals surface area (Å²) >= 11 is 0. The van der Waals surface area contributed by atoms with Crippen molar-refractivity contribution in [3.05, 3.63) is 34.2 Å². The fourth-order valence-electron chi connectivity index (χ4n) is 5.86. The molecule has 1 aromatic carbocycles. The fraction of sp³-hybridized carbons (Fsp3) is 0.645. The van der Waals surface area contributed by atoms with Crippen LogP contribution in [-0.4, -0.2) is 68.8 Å². The summed E-state index contributed by atoms with van der Waals surface area (Å²) in [7, 11) is 1.50. The molecule has 1 unspecified atom stereocenters. The summed E-state index contributed by atoms with van der Waals surface area (Å²) in [5.74, 6) is -3.49. The lowest BCUT2D eigenvalue weighted by atomic mass is 9.85. The number of likely N-dealkylation sites (tertiary alicyclic amines) is 1. The molecule has 1 aromatic heterocycles. The Kier molecular flexibility index (Phi) is 11.7. The first-order chi connectivity index (χ1) is 20.6. The van der Waals surface area contributed by atoms with E-state index >= 15 is 0 Å². The molecular formula is C31H44F2N4O7. The quantitative estimate of drug-likeness (QED) is 0.252. The lowest BCUT2D eigenvalue weighted by molar-refractivity contribution is -0.150. The summed E-state index contributed by atoms with van der Waals surface area (Å²) < 4.78 is 34.0. The van der Waals surface area contributed by atoms with E-state index in [0.717, 1.165) is 12.8 Å². The number of nitrogens with zero attached hydrogens (tertiary/aromatic N) is 2. The summed E-state index contributed by atoms with van der Waals surface area (Å²) in [5, 5.41) is 20.1. The molecule has 4 N–H and O–H groups in total. The van der Waals surface area contributed by atoms with E-state index in [1.807, 2.05) is 0 Å². The van der Waals surface area contributed by atoms with Crippen LogP contribution < -0.4 is 15.6 Å². The first kappa shape index (κ1) is 34.7. The van der Waals surface area contributed by atoms with Crippen molar-refractivity contribution in [3.8, 4) is 5.75 Å². The van der Waals surface area contributed by atoms with E-state index in [1.54, 1.807) is 39.0 Å². The summed E-state index contributed by atoms with van der Waals surface area (Å²) in [5.41, 5.74) is -1.42. The van der Waals surface area contributed by atoms with Gasteiger partial charge in [0.25, 0.3) is 11.5 Å². The van der Waals surface area contributed by atoms with E-state index < -0.39 is 52.6 Å². The van der Waals surface area contributed by atoms with Gasteiger partial charge in [0.2, 0.25) is 5.91 Å². The summed E-state index contributed by atoms with van der Waals surface area (Å²) in [6.07, 6.45) is 6.58. The highest BCUT2D eigenvalue weighted by atomic mass is 19.3. The number of ether oxygens (including phenoxy) is 1. The molecule has 2 heterocycles. The van der Waals surface area contributed by atoms with E-state index in [0.29, 0.717) is 48.5 Å². The molecule has 1 aliphatic carbocycles. The number of H-pyrrole nitrogens is 1. The van der Waals surface area contributed by atoms with Gasteiger partial charge in [-0.15, -0.1) is 0 Å². The molecule has 1 saturated carbocycles. The average molecular weight is 623 g/mol. The van der Waals surface area contributed by atoms with Crippen molar-refractivity contribution >= 4 is 29.0 Å². The van der Waals surface area contributed by atoms with Gasteiger partial charge in [-0.1, -0.05) is 59.3 Å². The number of fused-ring (bicyclic) bond motifs is 1. The smallest absolute Gasteiger partial charge is 0.405 e. The monoisotopic (exact) mass is 622 g/mol. The van der Waals surface area contributed by atoms with Crippen LogP contribution >= 0.6 is 0 Å². The molecule has 2 amide bonds. The van der Waals surface area contributed by atoms with Crippen molar-refractivity contribution in [1.82, 2.24) is 20.2 Å². The van der Waals surface area contributed by atoms with Crippen molar-refractivity contribution in [2.75, 3.05) is 13.7 Å². The molecule has 0 bridgehead atoms. The molecule has 2 atom stereocenters. The second kappa shape index (κ2) is 14.8. The van der Waals surface area contributed by atoms with Crippen LogP contribution in [0.1, 0.15) is 90.7 Å². The molecule has 0 radical (unpaired) electrons. The number of carboxylic acid groups (broad SMARTS) is 2. The van der Waals surface area contributed by atoms with Crippen molar-refractivity contribution in [3.63, 3.8) is 0 Å². The minimum Gasteiger partial charge on any atom is -0.497 e. The van der Waals surface area contributed by atoms with Gasteiger partial charge in [0.15, 0.2) is 5.69 Å². The van der Waals surface area contributed by atoms with Gasteiger partial charge < -0.3 is 30.2 Å². The Balaban J connectivity index is 0.000000251. The van der Waals surface area contributed by atoms with E-state index in [-0.39, 0.29) is 6.42 Å². The molecule has 1 aliphatic heterocycles. The van der Waals surface area contributed by atoms with Crippen LogP contribution in [0.25, 0.3) is 11.0 Å². The van der Waals surface area contributed by atoms with E-state index in [2.05, 4.69) is 15.3 Å². The SMILES string of the molecule is CC(C)(C)[C@H](NC(=O)O)C(=O)N1CCCC1C(=O)O.COc1ccc2nc(C(F)(F)CCCCC3CCCC3)c(=O)[nH]c2c1. The molecule has 11 nitrogen and oxygen atoms in total. The van der Waals surface area contributed by atoms with Gasteiger partial charge in [0, 0.05) is 19.0 Å². The number of benzene rings is 1. The van der Waals surface area contributed by atoms with Gasteiger partial charge in [-0.2, -0.15) is 8.78 Å². The normalized spacial score (nSPS) is 18.0. The molecule has 4 rings (SSSR count). The maximum Gasteiger partial charge on any atom is 0.405 e.